The molecule has 126 valence electrons. The number of hydrogen-bond acceptors (Lipinski definition) is 3. The first kappa shape index (κ1) is 16.5. The molecule has 1 aliphatic rings. The Morgan fingerprint density at radius 2 is 1.67 bits per heavy atom. The summed E-state index contributed by atoms with van der Waals surface area (Å²) < 4.78 is 6.50. The standard InChI is InChI=1S/C20H24N2O2/c1-16(23)21-18-8-10-19(11-9-18)24-20(12-14-22(2)15-13-20)17-6-4-3-5-7-17/h3-11H,12-15H2,1-2H3,(H,21,23). The maximum absolute atomic E-state index is 11.1. The molecule has 1 saturated heterocycles. The minimum atomic E-state index is -0.288. The van der Waals surface area contributed by atoms with E-state index in [0.717, 1.165) is 37.4 Å². The highest BCUT2D eigenvalue weighted by atomic mass is 16.5. The van der Waals surface area contributed by atoms with E-state index in [2.05, 4.69) is 41.5 Å². The molecular weight excluding hydrogens is 300 g/mol. The number of nitrogens with one attached hydrogen (secondary N) is 1. The smallest absolute Gasteiger partial charge is 0.221 e. The zero-order valence-electron chi connectivity index (χ0n) is 14.3. The summed E-state index contributed by atoms with van der Waals surface area (Å²) in [6.07, 6.45) is 1.92. The first-order valence-electron chi connectivity index (χ1n) is 8.38. The summed E-state index contributed by atoms with van der Waals surface area (Å²) in [6, 6.07) is 18.1. The van der Waals surface area contributed by atoms with Gasteiger partial charge in [-0.05, 0) is 36.9 Å². The van der Waals surface area contributed by atoms with E-state index < -0.39 is 0 Å². The van der Waals surface area contributed by atoms with E-state index in [1.165, 1.54) is 12.5 Å². The van der Waals surface area contributed by atoms with Crippen molar-refractivity contribution in [1.82, 2.24) is 4.90 Å². The maximum Gasteiger partial charge on any atom is 0.221 e. The fraction of sp³-hybridized carbons (Fsp3) is 0.350. The normalized spacial score (nSPS) is 17.2. The molecule has 0 aromatic heterocycles. The zero-order valence-corrected chi connectivity index (χ0v) is 14.3. The van der Waals surface area contributed by atoms with Gasteiger partial charge in [0.2, 0.25) is 5.91 Å². The number of piperidine rings is 1. The lowest BCUT2D eigenvalue weighted by molar-refractivity contribution is -0.114. The number of amides is 1. The number of likely N-dealkylation sites (tertiary alicyclic amines) is 1. The van der Waals surface area contributed by atoms with Gasteiger partial charge in [-0.25, -0.2) is 0 Å². The molecule has 4 heteroatoms. The van der Waals surface area contributed by atoms with Crippen LogP contribution < -0.4 is 10.1 Å². The third-order valence-electron chi connectivity index (χ3n) is 4.58. The predicted molar refractivity (Wildman–Crippen MR) is 96.2 cm³/mol. The summed E-state index contributed by atoms with van der Waals surface area (Å²) in [4.78, 5) is 13.5. The molecule has 1 amide bonds. The first-order chi connectivity index (χ1) is 11.6. The topological polar surface area (TPSA) is 41.6 Å². The number of benzene rings is 2. The average molecular weight is 324 g/mol. The number of rotatable bonds is 4. The lowest BCUT2D eigenvalue weighted by atomic mass is 9.84. The van der Waals surface area contributed by atoms with E-state index in [1.807, 2.05) is 30.3 Å². The molecule has 1 heterocycles. The van der Waals surface area contributed by atoms with Crippen LogP contribution in [0.4, 0.5) is 5.69 Å². The van der Waals surface area contributed by atoms with Crippen molar-refractivity contribution in [3.05, 3.63) is 60.2 Å². The molecule has 0 aliphatic carbocycles. The molecular formula is C20H24N2O2. The number of anilines is 1. The van der Waals surface area contributed by atoms with Crippen LogP contribution in [0.5, 0.6) is 5.75 Å². The van der Waals surface area contributed by atoms with Gasteiger partial charge in [-0.3, -0.25) is 4.79 Å². The van der Waals surface area contributed by atoms with Gasteiger partial charge >= 0.3 is 0 Å². The maximum atomic E-state index is 11.1. The van der Waals surface area contributed by atoms with Gasteiger partial charge in [0, 0.05) is 38.5 Å². The number of ether oxygens (including phenoxy) is 1. The van der Waals surface area contributed by atoms with Crippen LogP contribution in [-0.4, -0.2) is 30.9 Å². The SMILES string of the molecule is CC(=O)Nc1ccc(OC2(c3ccccc3)CCN(C)CC2)cc1. The van der Waals surface area contributed by atoms with Crippen molar-refractivity contribution >= 4 is 11.6 Å². The molecule has 0 spiro atoms. The first-order valence-corrected chi connectivity index (χ1v) is 8.38. The second-order valence-electron chi connectivity index (χ2n) is 6.47. The Bertz CT molecular complexity index is 675. The molecule has 2 aromatic carbocycles. The Labute approximate surface area is 143 Å². The lowest BCUT2D eigenvalue weighted by Gasteiger charge is -2.41. The Morgan fingerprint density at radius 3 is 2.25 bits per heavy atom. The third-order valence-corrected chi connectivity index (χ3v) is 4.58. The van der Waals surface area contributed by atoms with Gasteiger partial charge in [-0.15, -0.1) is 0 Å². The molecule has 3 rings (SSSR count). The highest BCUT2D eigenvalue weighted by molar-refractivity contribution is 5.88. The van der Waals surface area contributed by atoms with E-state index >= 15 is 0 Å². The van der Waals surface area contributed by atoms with Crippen molar-refractivity contribution in [2.24, 2.45) is 0 Å². The fourth-order valence-electron chi connectivity index (χ4n) is 3.21. The van der Waals surface area contributed by atoms with Crippen LogP contribution in [-0.2, 0) is 10.4 Å². The van der Waals surface area contributed by atoms with E-state index in [9.17, 15) is 4.79 Å². The van der Waals surface area contributed by atoms with Crippen LogP contribution in [0, 0.1) is 0 Å². The molecule has 24 heavy (non-hydrogen) atoms. The molecule has 1 aliphatic heterocycles. The van der Waals surface area contributed by atoms with Gasteiger partial charge in [0.1, 0.15) is 11.4 Å². The van der Waals surface area contributed by atoms with Crippen LogP contribution in [0.15, 0.2) is 54.6 Å². The molecule has 2 aromatic rings. The van der Waals surface area contributed by atoms with Gasteiger partial charge in [0.15, 0.2) is 0 Å². The molecule has 0 radical (unpaired) electrons. The van der Waals surface area contributed by atoms with Gasteiger partial charge in [0.05, 0.1) is 0 Å². The van der Waals surface area contributed by atoms with Crippen LogP contribution in [0.3, 0.4) is 0 Å². The summed E-state index contributed by atoms with van der Waals surface area (Å²) in [5.41, 5.74) is 1.72. The van der Waals surface area contributed by atoms with Gasteiger partial charge in [-0.2, -0.15) is 0 Å². The minimum Gasteiger partial charge on any atom is -0.482 e. The lowest BCUT2D eigenvalue weighted by Crippen LogP contribution is -2.44. The quantitative estimate of drug-likeness (QED) is 0.933. The van der Waals surface area contributed by atoms with Crippen molar-refractivity contribution in [3.63, 3.8) is 0 Å². The number of carbonyl (C=O) groups is 1. The van der Waals surface area contributed by atoms with Gasteiger partial charge in [0.25, 0.3) is 0 Å². The van der Waals surface area contributed by atoms with Crippen molar-refractivity contribution in [2.75, 3.05) is 25.5 Å². The summed E-state index contributed by atoms with van der Waals surface area (Å²) >= 11 is 0. The summed E-state index contributed by atoms with van der Waals surface area (Å²) in [5.74, 6) is 0.761. The van der Waals surface area contributed by atoms with Crippen LogP contribution in [0.2, 0.25) is 0 Å². The Hall–Kier alpha value is -2.33. The molecule has 4 nitrogen and oxygen atoms in total. The van der Waals surface area contributed by atoms with Crippen LogP contribution in [0.25, 0.3) is 0 Å². The van der Waals surface area contributed by atoms with E-state index in [0.29, 0.717) is 0 Å². The van der Waals surface area contributed by atoms with E-state index in [-0.39, 0.29) is 11.5 Å². The highest BCUT2D eigenvalue weighted by Gasteiger charge is 2.37. The number of nitrogens with zero attached hydrogens (tertiary/aromatic N) is 1. The second-order valence-corrected chi connectivity index (χ2v) is 6.47. The van der Waals surface area contributed by atoms with Crippen molar-refractivity contribution < 1.29 is 9.53 Å². The summed E-state index contributed by atoms with van der Waals surface area (Å²) in [7, 11) is 2.15. The summed E-state index contributed by atoms with van der Waals surface area (Å²) in [5, 5.41) is 2.78. The predicted octanol–water partition coefficient (Wildman–Crippen LogP) is 3.64. The third kappa shape index (κ3) is 3.77. The molecule has 1 N–H and O–H groups in total. The van der Waals surface area contributed by atoms with Gasteiger partial charge < -0.3 is 15.0 Å². The van der Waals surface area contributed by atoms with Crippen molar-refractivity contribution in [2.45, 2.75) is 25.4 Å². The van der Waals surface area contributed by atoms with E-state index in [1.54, 1.807) is 0 Å². The minimum absolute atomic E-state index is 0.0697. The monoisotopic (exact) mass is 324 g/mol. The Morgan fingerprint density at radius 1 is 1.04 bits per heavy atom. The molecule has 0 atom stereocenters. The van der Waals surface area contributed by atoms with Gasteiger partial charge in [-0.1, -0.05) is 30.3 Å². The largest absolute Gasteiger partial charge is 0.482 e. The second kappa shape index (κ2) is 7.05. The molecule has 0 unspecified atom stereocenters. The van der Waals surface area contributed by atoms with Crippen molar-refractivity contribution in [3.8, 4) is 5.75 Å². The van der Waals surface area contributed by atoms with Crippen molar-refractivity contribution in [1.29, 1.82) is 0 Å². The Balaban J connectivity index is 1.83. The Kier molecular flexibility index (Phi) is 4.86. The number of hydrogen-bond donors (Lipinski definition) is 1. The van der Waals surface area contributed by atoms with Crippen LogP contribution >= 0.6 is 0 Å². The zero-order chi connectivity index (χ0) is 17.0. The number of carbonyl (C=O) groups excluding carboxylic acids is 1. The fourth-order valence-corrected chi connectivity index (χ4v) is 3.21. The highest BCUT2D eigenvalue weighted by Crippen LogP contribution is 2.37. The molecule has 1 fully saturated rings. The van der Waals surface area contributed by atoms with E-state index in [4.69, 9.17) is 4.74 Å². The average Bonchev–Trinajstić information content (AvgIpc) is 2.59. The van der Waals surface area contributed by atoms with Crippen LogP contribution in [0.1, 0.15) is 25.3 Å². The summed E-state index contributed by atoms with van der Waals surface area (Å²) in [6.45, 7) is 3.53. The molecule has 0 saturated carbocycles. The molecule has 0 bridgehead atoms.